The van der Waals surface area contributed by atoms with Gasteiger partial charge in [-0.1, -0.05) is 81.8 Å². The minimum Gasteiger partial charge on any atom is -0.474 e. The summed E-state index contributed by atoms with van der Waals surface area (Å²) >= 11 is 0. The highest BCUT2D eigenvalue weighted by atomic mass is 19.4. The lowest BCUT2D eigenvalue weighted by atomic mass is 10.1. The number of carboxylic acids is 1. The van der Waals surface area contributed by atoms with Crippen LogP contribution in [0.3, 0.4) is 0 Å². The number of carbonyl (C=O) groups is 2. The molecular weight excluding hydrogens is 491 g/mol. The molecule has 2 aromatic carbocycles. The van der Waals surface area contributed by atoms with Crippen LogP contribution in [0, 0.1) is 11.8 Å². The zero-order valence-corrected chi connectivity index (χ0v) is 22.2. The Labute approximate surface area is 224 Å². The van der Waals surface area contributed by atoms with E-state index >= 15 is 0 Å². The number of nitrogens with zero attached hydrogens (tertiary/aromatic N) is 1. The first kappa shape index (κ1) is 31.0. The Hall–Kier alpha value is -3.27. The van der Waals surface area contributed by atoms with Crippen molar-refractivity contribution in [1.29, 1.82) is 0 Å². The first-order valence-electron chi connectivity index (χ1n) is 13.4. The van der Waals surface area contributed by atoms with Crippen LogP contribution in [0.4, 0.5) is 13.2 Å². The number of carboxylic acid groups (broad SMARTS) is 1. The summed E-state index contributed by atoms with van der Waals surface area (Å²) in [7, 11) is 0. The van der Waals surface area contributed by atoms with E-state index in [1.807, 2.05) is 24.3 Å². The van der Waals surface area contributed by atoms with Gasteiger partial charge in [-0.15, -0.1) is 11.8 Å². The van der Waals surface area contributed by atoms with Gasteiger partial charge in [-0.2, -0.15) is 13.2 Å². The topological polar surface area (TPSA) is 57.6 Å². The van der Waals surface area contributed by atoms with E-state index in [9.17, 15) is 27.9 Å². The summed E-state index contributed by atoms with van der Waals surface area (Å²) in [6, 6.07) is 11.9. The number of alkyl halides is 3. The third kappa shape index (κ3) is 11.9. The van der Waals surface area contributed by atoms with Crippen LogP contribution in [0.5, 0.6) is 0 Å². The van der Waals surface area contributed by atoms with E-state index in [1.165, 1.54) is 57.1 Å². The monoisotopic (exact) mass is 529 g/mol. The fourth-order valence-corrected chi connectivity index (χ4v) is 4.11. The molecular formula is C31H38F3NO3. The number of hydrogen-bond donors (Lipinski definition) is 1. The molecule has 0 atom stereocenters. The molecule has 0 radical (unpaired) electrons. The number of aryl methyl sites for hydroxylation is 1. The molecule has 0 fully saturated rings. The van der Waals surface area contributed by atoms with Crippen LogP contribution < -0.4 is 0 Å². The Bertz CT molecular complexity index is 1050. The van der Waals surface area contributed by atoms with Crippen molar-refractivity contribution < 1.29 is 27.9 Å². The van der Waals surface area contributed by atoms with Gasteiger partial charge >= 0.3 is 18.1 Å². The summed E-state index contributed by atoms with van der Waals surface area (Å²) in [5.74, 6) is 3.80. The number of carbonyl (C=O) groups excluding carboxylic acids is 1. The molecule has 0 aliphatic heterocycles. The van der Waals surface area contributed by atoms with Crippen LogP contribution in [0.15, 0.2) is 48.5 Å². The zero-order valence-electron chi connectivity index (χ0n) is 22.2. The molecule has 2 rings (SSSR count). The molecule has 0 aromatic heterocycles. The van der Waals surface area contributed by atoms with E-state index in [1.54, 1.807) is 0 Å². The largest absolute Gasteiger partial charge is 0.474 e. The van der Waals surface area contributed by atoms with Crippen LogP contribution in [-0.2, 0) is 35.3 Å². The molecule has 0 saturated heterocycles. The fraction of sp³-hybridized carbons (Fsp3) is 0.484. The van der Waals surface area contributed by atoms with E-state index < -0.39 is 23.6 Å². The molecule has 0 spiro atoms. The van der Waals surface area contributed by atoms with Gasteiger partial charge in [0.2, 0.25) is 0 Å². The molecule has 7 heteroatoms. The first-order valence-corrected chi connectivity index (χ1v) is 13.4. The van der Waals surface area contributed by atoms with Crippen LogP contribution in [-0.4, -0.2) is 21.9 Å². The van der Waals surface area contributed by atoms with Crippen molar-refractivity contribution >= 4 is 11.9 Å². The van der Waals surface area contributed by atoms with Gasteiger partial charge in [-0.3, -0.25) is 4.79 Å². The predicted octanol–water partition coefficient (Wildman–Crippen LogP) is 7.79. The van der Waals surface area contributed by atoms with Crippen molar-refractivity contribution in [3.63, 3.8) is 0 Å². The third-order valence-corrected chi connectivity index (χ3v) is 6.32. The van der Waals surface area contributed by atoms with Crippen LogP contribution in [0.25, 0.3) is 0 Å². The van der Waals surface area contributed by atoms with Gasteiger partial charge in [0.25, 0.3) is 0 Å². The highest BCUT2D eigenvalue weighted by Crippen LogP contribution is 2.29. The van der Waals surface area contributed by atoms with Crippen molar-refractivity contribution in [2.24, 2.45) is 0 Å². The van der Waals surface area contributed by atoms with Gasteiger partial charge in [-0.25, -0.2) is 4.79 Å². The van der Waals surface area contributed by atoms with Crippen molar-refractivity contribution in [3.8, 4) is 11.8 Å². The Morgan fingerprint density at radius 3 is 1.74 bits per heavy atom. The SMILES string of the molecule is CCCCCCCCCC#CCCCc1ccc(CN(Cc2ccc(C(F)(F)F)cc2)C(=O)C(=O)O)cc1. The molecule has 0 saturated carbocycles. The molecule has 1 N–H and O–H groups in total. The normalized spacial score (nSPS) is 11.1. The third-order valence-electron chi connectivity index (χ3n) is 6.32. The summed E-state index contributed by atoms with van der Waals surface area (Å²) in [6.07, 6.45) is 8.14. The smallest absolute Gasteiger partial charge is 0.416 e. The average Bonchev–Trinajstić information content (AvgIpc) is 2.89. The maximum absolute atomic E-state index is 12.8. The predicted molar refractivity (Wildman–Crippen MR) is 143 cm³/mol. The molecule has 0 aliphatic carbocycles. The average molecular weight is 530 g/mol. The molecule has 4 nitrogen and oxygen atoms in total. The lowest BCUT2D eigenvalue weighted by Crippen LogP contribution is -2.35. The number of benzene rings is 2. The molecule has 0 heterocycles. The summed E-state index contributed by atoms with van der Waals surface area (Å²) in [5.41, 5.74) is 1.48. The lowest BCUT2D eigenvalue weighted by molar-refractivity contribution is -0.156. The minimum atomic E-state index is -4.46. The van der Waals surface area contributed by atoms with Gasteiger partial charge in [-0.05, 0) is 48.1 Å². The van der Waals surface area contributed by atoms with E-state index in [0.717, 1.165) is 53.8 Å². The number of aliphatic carboxylic acids is 1. The quantitative estimate of drug-likeness (QED) is 0.154. The highest BCUT2D eigenvalue weighted by Gasteiger charge is 2.30. The standard InChI is InChI=1S/C31H38F3NO3/c1-2-3-4-5-6-7-8-9-10-11-12-13-14-25-15-17-26(18-16-25)23-35(29(36)30(37)38)24-27-19-21-28(22-20-27)31(32,33)34/h15-22H,2-9,12-14,23-24H2,1H3,(H,37,38). The second-order valence-corrected chi connectivity index (χ2v) is 9.56. The number of unbranched alkanes of at least 4 members (excludes halogenated alkanes) is 8. The summed E-state index contributed by atoms with van der Waals surface area (Å²) in [6.45, 7) is 2.16. The Morgan fingerprint density at radius 1 is 0.737 bits per heavy atom. The van der Waals surface area contributed by atoms with Crippen molar-refractivity contribution in [3.05, 3.63) is 70.8 Å². The van der Waals surface area contributed by atoms with Crippen molar-refractivity contribution in [1.82, 2.24) is 4.90 Å². The number of halogens is 3. The van der Waals surface area contributed by atoms with Gasteiger partial charge in [0.1, 0.15) is 0 Å². The molecule has 206 valence electrons. The van der Waals surface area contributed by atoms with E-state index in [2.05, 4.69) is 18.8 Å². The van der Waals surface area contributed by atoms with Gasteiger partial charge in [0.15, 0.2) is 0 Å². The summed E-state index contributed by atoms with van der Waals surface area (Å²) in [4.78, 5) is 24.6. The molecule has 1 amide bonds. The van der Waals surface area contributed by atoms with Crippen LogP contribution >= 0.6 is 0 Å². The number of hydrogen-bond acceptors (Lipinski definition) is 2. The fourth-order valence-electron chi connectivity index (χ4n) is 4.11. The number of rotatable bonds is 14. The van der Waals surface area contributed by atoms with Gasteiger partial charge < -0.3 is 10.0 Å². The van der Waals surface area contributed by atoms with E-state index in [-0.39, 0.29) is 13.1 Å². The maximum atomic E-state index is 12.8. The second kappa shape index (κ2) is 16.5. The van der Waals surface area contributed by atoms with Gasteiger partial charge in [0.05, 0.1) is 5.56 Å². The summed E-state index contributed by atoms with van der Waals surface area (Å²) < 4.78 is 38.4. The van der Waals surface area contributed by atoms with E-state index in [0.29, 0.717) is 5.56 Å². The highest BCUT2D eigenvalue weighted by molar-refractivity contribution is 6.31. The molecule has 0 bridgehead atoms. The minimum absolute atomic E-state index is 0.0382. The van der Waals surface area contributed by atoms with E-state index in [4.69, 9.17) is 0 Å². The van der Waals surface area contributed by atoms with Crippen molar-refractivity contribution in [2.75, 3.05) is 0 Å². The lowest BCUT2D eigenvalue weighted by Gasteiger charge is -2.21. The molecule has 38 heavy (non-hydrogen) atoms. The van der Waals surface area contributed by atoms with Crippen molar-refractivity contribution in [2.45, 2.75) is 96.8 Å². The Kier molecular flexibility index (Phi) is 13.5. The molecule has 2 aromatic rings. The summed E-state index contributed by atoms with van der Waals surface area (Å²) in [5, 5.41) is 9.19. The van der Waals surface area contributed by atoms with Crippen LogP contribution in [0.2, 0.25) is 0 Å². The molecule has 0 aliphatic rings. The molecule has 0 unspecified atom stereocenters. The van der Waals surface area contributed by atoms with Gasteiger partial charge in [0, 0.05) is 25.9 Å². The Balaban J connectivity index is 1.80. The zero-order chi connectivity index (χ0) is 27.8. The maximum Gasteiger partial charge on any atom is 0.416 e. The number of amides is 1. The van der Waals surface area contributed by atoms with Crippen LogP contribution in [0.1, 0.15) is 93.4 Å². The first-order chi connectivity index (χ1) is 18.2. The Morgan fingerprint density at radius 2 is 1.21 bits per heavy atom. The second-order valence-electron chi connectivity index (χ2n) is 9.56.